The van der Waals surface area contributed by atoms with Crippen molar-refractivity contribution in [3.05, 3.63) is 0 Å². The van der Waals surface area contributed by atoms with E-state index in [0.717, 1.165) is 5.92 Å². The topological polar surface area (TPSA) is 27.6 Å². The fourth-order valence-corrected chi connectivity index (χ4v) is 3.46. The zero-order valence-electron chi connectivity index (χ0n) is 10.2. The lowest BCUT2D eigenvalue weighted by Crippen LogP contribution is -3.00. The zero-order chi connectivity index (χ0) is 10.1. The van der Waals surface area contributed by atoms with Gasteiger partial charge < -0.3 is 18.1 Å². The van der Waals surface area contributed by atoms with Gasteiger partial charge in [0.1, 0.15) is 0 Å². The molecule has 2 heteroatoms. The molecule has 1 saturated carbocycles. The Labute approximate surface area is 95.2 Å². The number of rotatable bonds is 2. The second kappa shape index (κ2) is 4.85. The second-order valence-electron chi connectivity index (χ2n) is 6.21. The van der Waals surface area contributed by atoms with Crippen LogP contribution < -0.4 is 18.1 Å². The van der Waals surface area contributed by atoms with E-state index < -0.39 is 0 Å². The molecular weight excluding hydrogens is 194 g/mol. The Balaban J connectivity index is 0.00000169. The normalized spacial score (nSPS) is 36.2. The first-order valence-electron chi connectivity index (χ1n) is 5.70. The Kier molecular flexibility index (Phi) is 4.94. The van der Waals surface area contributed by atoms with Crippen LogP contribution in [-0.2, 0) is 0 Å². The molecule has 0 radical (unpaired) electrons. The third-order valence-electron chi connectivity index (χ3n) is 3.22. The molecule has 0 unspecified atom stereocenters. The van der Waals surface area contributed by atoms with Gasteiger partial charge in [0.15, 0.2) is 0 Å². The van der Waals surface area contributed by atoms with Crippen molar-refractivity contribution in [1.29, 1.82) is 0 Å². The highest BCUT2D eigenvalue weighted by Crippen LogP contribution is 2.43. The van der Waals surface area contributed by atoms with Crippen LogP contribution in [0.1, 0.15) is 59.8 Å². The molecule has 0 aliphatic heterocycles. The van der Waals surface area contributed by atoms with Crippen molar-refractivity contribution in [2.45, 2.75) is 65.3 Å². The molecule has 0 spiro atoms. The van der Waals surface area contributed by atoms with Gasteiger partial charge in [0, 0.05) is 12.8 Å². The number of hydrogen-bond donors (Lipinski definition) is 1. The van der Waals surface area contributed by atoms with E-state index in [-0.39, 0.29) is 12.4 Å². The van der Waals surface area contributed by atoms with Crippen molar-refractivity contribution in [2.24, 2.45) is 11.3 Å². The second-order valence-corrected chi connectivity index (χ2v) is 6.21. The Bertz CT molecular complexity index is 159. The van der Waals surface area contributed by atoms with Crippen molar-refractivity contribution in [3.8, 4) is 0 Å². The van der Waals surface area contributed by atoms with Crippen molar-refractivity contribution in [1.82, 2.24) is 0 Å². The van der Waals surface area contributed by atoms with E-state index in [1.54, 1.807) is 0 Å². The van der Waals surface area contributed by atoms with Gasteiger partial charge in [-0.1, -0.05) is 33.6 Å². The van der Waals surface area contributed by atoms with Gasteiger partial charge in [-0.25, -0.2) is 0 Å². The first-order chi connectivity index (χ1) is 5.85. The minimum absolute atomic E-state index is 0. The third-order valence-corrected chi connectivity index (χ3v) is 3.22. The summed E-state index contributed by atoms with van der Waals surface area (Å²) in [5.41, 5.74) is 5.21. The minimum atomic E-state index is 0. The van der Waals surface area contributed by atoms with Gasteiger partial charge in [-0.3, -0.25) is 0 Å². The van der Waals surface area contributed by atoms with Gasteiger partial charge in [-0.15, -0.1) is 0 Å². The lowest BCUT2D eigenvalue weighted by molar-refractivity contribution is -0.486. The summed E-state index contributed by atoms with van der Waals surface area (Å²) in [7, 11) is 0. The average molecular weight is 220 g/mol. The quantitative estimate of drug-likeness (QED) is 0.656. The maximum atomic E-state index is 4.36. The first-order valence-corrected chi connectivity index (χ1v) is 5.70. The third kappa shape index (κ3) is 4.18. The van der Waals surface area contributed by atoms with Crippen molar-refractivity contribution in [2.75, 3.05) is 0 Å². The Morgan fingerprint density at radius 3 is 2.21 bits per heavy atom. The summed E-state index contributed by atoms with van der Waals surface area (Å²) in [5.74, 6) is 0.927. The van der Waals surface area contributed by atoms with Crippen LogP contribution in [0.4, 0.5) is 0 Å². The summed E-state index contributed by atoms with van der Waals surface area (Å²) in [5, 5.41) is 0. The predicted octanol–water partition coefficient (Wildman–Crippen LogP) is -0.383. The Morgan fingerprint density at radius 1 is 1.21 bits per heavy atom. The monoisotopic (exact) mass is 219 g/mol. The van der Waals surface area contributed by atoms with Gasteiger partial charge >= 0.3 is 0 Å². The molecule has 0 saturated heterocycles. The smallest absolute Gasteiger partial charge is 0.0925 e. The van der Waals surface area contributed by atoms with Gasteiger partial charge in [0.05, 0.1) is 5.54 Å². The maximum Gasteiger partial charge on any atom is 0.0925 e. The van der Waals surface area contributed by atoms with E-state index in [2.05, 4.69) is 33.4 Å². The molecule has 0 aromatic rings. The van der Waals surface area contributed by atoms with Crippen LogP contribution in [0, 0.1) is 11.3 Å². The maximum absolute atomic E-state index is 4.36. The fourth-order valence-electron chi connectivity index (χ4n) is 3.46. The van der Waals surface area contributed by atoms with Crippen LogP contribution in [-0.4, -0.2) is 5.54 Å². The highest BCUT2D eigenvalue weighted by Gasteiger charge is 2.40. The molecule has 0 amide bonds. The summed E-state index contributed by atoms with van der Waals surface area (Å²) in [6.07, 6.45) is 6.77. The SMILES string of the molecule is CCC[C@@H]1CC(C)(C)C[C@](C)([NH3+])C1.[Cl-]. The van der Waals surface area contributed by atoms with Crippen molar-refractivity contribution in [3.63, 3.8) is 0 Å². The summed E-state index contributed by atoms with van der Waals surface area (Å²) >= 11 is 0. The molecule has 0 heterocycles. The van der Waals surface area contributed by atoms with Crippen molar-refractivity contribution < 1.29 is 18.1 Å². The molecule has 3 N–H and O–H groups in total. The molecule has 1 rings (SSSR count). The van der Waals surface area contributed by atoms with E-state index in [1.807, 2.05) is 0 Å². The Hall–Kier alpha value is 0.250. The van der Waals surface area contributed by atoms with E-state index in [0.29, 0.717) is 11.0 Å². The molecule has 1 aliphatic carbocycles. The standard InChI is InChI=1S/C12H25N.ClH/c1-5-6-10-7-11(2,3)9-12(4,13)8-10;/h10H,5-9,13H2,1-4H3;1H/t10-,12-;/m1./s1. The van der Waals surface area contributed by atoms with Crippen LogP contribution in [0.5, 0.6) is 0 Å². The van der Waals surface area contributed by atoms with Crippen LogP contribution in [0.2, 0.25) is 0 Å². The van der Waals surface area contributed by atoms with E-state index in [9.17, 15) is 0 Å². The predicted molar refractivity (Wildman–Crippen MR) is 57.3 cm³/mol. The first kappa shape index (κ1) is 14.2. The molecular formula is C12H26ClN. The van der Waals surface area contributed by atoms with Gasteiger partial charge in [-0.2, -0.15) is 0 Å². The summed E-state index contributed by atoms with van der Waals surface area (Å²) in [6, 6.07) is 0. The van der Waals surface area contributed by atoms with Gasteiger partial charge in [0.25, 0.3) is 0 Å². The lowest BCUT2D eigenvalue weighted by atomic mass is 9.64. The molecule has 2 atom stereocenters. The molecule has 0 aromatic carbocycles. The summed E-state index contributed by atoms with van der Waals surface area (Å²) in [6.45, 7) is 9.43. The van der Waals surface area contributed by atoms with Crippen LogP contribution >= 0.6 is 0 Å². The van der Waals surface area contributed by atoms with Gasteiger partial charge in [0.2, 0.25) is 0 Å². The molecule has 14 heavy (non-hydrogen) atoms. The van der Waals surface area contributed by atoms with Crippen LogP contribution in [0.15, 0.2) is 0 Å². The van der Waals surface area contributed by atoms with Gasteiger partial charge in [-0.05, 0) is 24.7 Å². The van der Waals surface area contributed by atoms with E-state index in [1.165, 1.54) is 32.1 Å². The summed E-state index contributed by atoms with van der Waals surface area (Å²) in [4.78, 5) is 0. The highest BCUT2D eigenvalue weighted by molar-refractivity contribution is 4.90. The van der Waals surface area contributed by atoms with E-state index in [4.69, 9.17) is 0 Å². The Morgan fingerprint density at radius 2 is 1.79 bits per heavy atom. The highest BCUT2D eigenvalue weighted by atomic mass is 35.5. The average Bonchev–Trinajstić information content (AvgIpc) is 1.78. The molecule has 1 aliphatic rings. The number of hydrogen-bond acceptors (Lipinski definition) is 0. The molecule has 0 aromatic heterocycles. The zero-order valence-corrected chi connectivity index (χ0v) is 11.0. The molecule has 1 nitrogen and oxygen atoms in total. The van der Waals surface area contributed by atoms with Crippen LogP contribution in [0.25, 0.3) is 0 Å². The number of halogens is 1. The van der Waals surface area contributed by atoms with E-state index >= 15 is 0 Å². The largest absolute Gasteiger partial charge is 1.00 e. The van der Waals surface area contributed by atoms with Crippen molar-refractivity contribution >= 4 is 0 Å². The molecule has 86 valence electrons. The lowest BCUT2D eigenvalue weighted by Gasteiger charge is -2.42. The molecule has 1 fully saturated rings. The fraction of sp³-hybridized carbons (Fsp3) is 1.00. The summed E-state index contributed by atoms with van der Waals surface area (Å²) < 4.78 is 0. The number of quaternary nitrogens is 1. The van der Waals surface area contributed by atoms with Crippen LogP contribution in [0.3, 0.4) is 0 Å². The molecule has 0 bridgehead atoms. The minimum Gasteiger partial charge on any atom is -1.00 e.